The second kappa shape index (κ2) is 8.54. The minimum atomic E-state index is -1.41. The number of ether oxygens (including phenoxy) is 1. The van der Waals surface area contributed by atoms with Gasteiger partial charge in [-0.05, 0) is 50.7 Å². The van der Waals surface area contributed by atoms with Crippen molar-refractivity contribution in [3.05, 3.63) is 35.2 Å². The average molecular weight is 344 g/mol. The fourth-order valence-corrected chi connectivity index (χ4v) is 3.39. The Morgan fingerprint density at radius 1 is 1.04 bits per heavy atom. The molecule has 5 heteroatoms. The van der Waals surface area contributed by atoms with Crippen molar-refractivity contribution < 1.29 is 22.3 Å². The highest BCUT2D eigenvalue weighted by Gasteiger charge is 2.28. The summed E-state index contributed by atoms with van der Waals surface area (Å²) in [7, 11) is 0. The summed E-state index contributed by atoms with van der Waals surface area (Å²) < 4.78 is 61.6. The van der Waals surface area contributed by atoms with Crippen molar-refractivity contribution in [1.82, 2.24) is 0 Å². The quantitative estimate of drug-likeness (QED) is 0.530. The van der Waals surface area contributed by atoms with Crippen LogP contribution in [0.4, 0.5) is 17.6 Å². The Bertz CT molecular complexity index is 589. The second-order valence-electron chi connectivity index (χ2n) is 6.34. The highest BCUT2D eigenvalue weighted by Crippen LogP contribution is 2.40. The van der Waals surface area contributed by atoms with E-state index in [2.05, 4.69) is 6.92 Å². The molecule has 1 fully saturated rings. The zero-order valence-electron chi connectivity index (χ0n) is 14.2. The molecule has 0 aromatic heterocycles. The Kier molecular flexibility index (Phi) is 6.69. The summed E-state index contributed by atoms with van der Waals surface area (Å²) in [5.74, 6) is -5.25. The van der Waals surface area contributed by atoms with Crippen LogP contribution in [0.5, 0.6) is 5.75 Å². The maximum atomic E-state index is 14.4. The van der Waals surface area contributed by atoms with Crippen molar-refractivity contribution in [3.63, 3.8) is 0 Å². The third kappa shape index (κ3) is 4.11. The molecule has 1 nitrogen and oxygen atoms in total. The van der Waals surface area contributed by atoms with Crippen LogP contribution in [0.15, 0.2) is 18.0 Å². The van der Waals surface area contributed by atoms with Crippen LogP contribution in [0.1, 0.15) is 57.9 Å². The zero-order chi connectivity index (χ0) is 17.7. The van der Waals surface area contributed by atoms with Gasteiger partial charge in [0, 0.05) is 5.92 Å². The topological polar surface area (TPSA) is 9.23 Å². The van der Waals surface area contributed by atoms with Gasteiger partial charge in [0.1, 0.15) is 5.83 Å². The average Bonchev–Trinajstić information content (AvgIpc) is 2.59. The molecule has 0 unspecified atom stereocenters. The minimum absolute atomic E-state index is 0.156. The molecule has 0 heterocycles. The summed E-state index contributed by atoms with van der Waals surface area (Å²) in [5, 5.41) is 0. The highest BCUT2D eigenvalue weighted by molar-refractivity contribution is 5.63. The van der Waals surface area contributed by atoms with Crippen LogP contribution in [0.25, 0.3) is 5.83 Å². The molecule has 1 aromatic rings. The van der Waals surface area contributed by atoms with Crippen molar-refractivity contribution >= 4 is 5.83 Å². The van der Waals surface area contributed by atoms with Crippen molar-refractivity contribution in [2.45, 2.75) is 52.4 Å². The molecule has 0 radical (unpaired) electrons. The molecule has 0 aliphatic heterocycles. The Morgan fingerprint density at radius 2 is 1.71 bits per heavy atom. The molecule has 1 saturated carbocycles. The maximum absolute atomic E-state index is 14.4. The smallest absolute Gasteiger partial charge is 0.201 e. The first-order valence-corrected chi connectivity index (χ1v) is 8.65. The first-order valence-electron chi connectivity index (χ1n) is 8.65. The maximum Gasteiger partial charge on any atom is 0.201 e. The van der Waals surface area contributed by atoms with Crippen LogP contribution in [0, 0.1) is 23.5 Å². The van der Waals surface area contributed by atoms with Crippen LogP contribution in [0.3, 0.4) is 0 Å². The first kappa shape index (κ1) is 18.8. The van der Waals surface area contributed by atoms with E-state index in [1.807, 2.05) is 0 Å². The van der Waals surface area contributed by atoms with Crippen LogP contribution in [-0.4, -0.2) is 6.61 Å². The standard InChI is InChI=1S/C19H24F4O/c1-3-5-12-6-8-13(9-7-12)16(20)17(21)14-10-11-15(24-4-2)19(23)18(14)22/h10-13H,3-9H2,1-2H3. The second-order valence-corrected chi connectivity index (χ2v) is 6.34. The van der Waals surface area contributed by atoms with Crippen molar-refractivity contribution in [2.24, 2.45) is 11.8 Å². The largest absolute Gasteiger partial charge is 0.491 e. The lowest BCUT2D eigenvalue weighted by Gasteiger charge is -2.27. The molecule has 0 amide bonds. The highest BCUT2D eigenvalue weighted by atomic mass is 19.2. The SMILES string of the molecule is CCCC1CCC(C(F)=C(F)c2ccc(OCC)c(F)c2F)CC1. The molecule has 1 aliphatic rings. The molecule has 0 bridgehead atoms. The molecule has 0 spiro atoms. The number of hydrogen-bond donors (Lipinski definition) is 0. The van der Waals surface area contributed by atoms with Crippen molar-refractivity contribution in [1.29, 1.82) is 0 Å². The van der Waals surface area contributed by atoms with Crippen LogP contribution >= 0.6 is 0 Å². The number of hydrogen-bond acceptors (Lipinski definition) is 1. The van der Waals surface area contributed by atoms with E-state index in [1.165, 1.54) is 0 Å². The minimum Gasteiger partial charge on any atom is -0.491 e. The summed E-state index contributed by atoms with van der Waals surface area (Å²) >= 11 is 0. The molecule has 2 rings (SSSR count). The van der Waals surface area contributed by atoms with Gasteiger partial charge in [0.25, 0.3) is 0 Å². The molecular formula is C19H24F4O. The molecule has 1 aliphatic carbocycles. The van der Waals surface area contributed by atoms with Crippen molar-refractivity contribution in [3.8, 4) is 5.75 Å². The Morgan fingerprint density at radius 3 is 2.29 bits per heavy atom. The van der Waals surface area contributed by atoms with E-state index in [0.717, 1.165) is 37.8 Å². The fourth-order valence-electron chi connectivity index (χ4n) is 3.39. The first-order chi connectivity index (χ1) is 11.5. The number of halogens is 4. The van der Waals surface area contributed by atoms with Crippen LogP contribution in [0.2, 0.25) is 0 Å². The van der Waals surface area contributed by atoms with Gasteiger partial charge in [-0.1, -0.05) is 19.8 Å². The third-order valence-corrected chi connectivity index (χ3v) is 4.69. The Labute approximate surface area is 140 Å². The van der Waals surface area contributed by atoms with Crippen molar-refractivity contribution in [2.75, 3.05) is 6.61 Å². The van der Waals surface area contributed by atoms with Crippen LogP contribution < -0.4 is 4.74 Å². The summed E-state index contributed by atoms with van der Waals surface area (Å²) in [6, 6.07) is 2.16. The van der Waals surface area contributed by atoms with Gasteiger partial charge in [-0.2, -0.15) is 4.39 Å². The Balaban J connectivity index is 2.19. The number of rotatable bonds is 6. The van der Waals surface area contributed by atoms with E-state index >= 15 is 0 Å². The number of allylic oxidation sites excluding steroid dienone is 1. The van der Waals surface area contributed by atoms with Gasteiger partial charge in [0.05, 0.1) is 12.2 Å². The predicted octanol–water partition coefficient (Wildman–Crippen LogP) is 6.58. The molecule has 134 valence electrons. The van der Waals surface area contributed by atoms with Gasteiger partial charge < -0.3 is 4.74 Å². The van der Waals surface area contributed by atoms with Crippen LogP contribution in [-0.2, 0) is 0 Å². The van der Waals surface area contributed by atoms with Gasteiger partial charge in [-0.25, -0.2) is 13.2 Å². The molecule has 0 N–H and O–H groups in total. The van der Waals surface area contributed by atoms with Gasteiger partial charge in [0.2, 0.25) is 5.82 Å². The lowest BCUT2D eigenvalue weighted by molar-refractivity contribution is 0.261. The molecule has 1 aromatic carbocycles. The van der Waals surface area contributed by atoms with Gasteiger partial charge in [0.15, 0.2) is 17.4 Å². The van der Waals surface area contributed by atoms with Gasteiger partial charge in [-0.15, -0.1) is 0 Å². The van der Waals surface area contributed by atoms with E-state index in [-0.39, 0.29) is 12.4 Å². The molecule has 0 saturated heterocycles. The molecule has 0 atom stereocenters. The lowest BCUT2D eigenvalue weighted by atomic mass is 9.79. The summed E-state index contributed by atoms with van der Waals surface area (Å²) in [6.45, 7) is 3.89. The number of benzene rings is 1. The summed E-state index contributed by atoms with van der Waals surface area (Å²) in [6.07, 6.45) is 4.96. The van der Waals surface area contributed by atoms with E-state index in [4.69, 9.17) is 4.74 Å². The van der Waals surface area contributed by atoms with Gasteiger partial charge >= 0.3 is 0 Å². The fraction of sp³-hybridized carbons (Fsp3) is 0.579. The lowest BCUT2D eigenvalue weighted by Crippen LogP contribution is -2.15. The third-order valence-electron chi connectivity index (χ3n) is 4.69. The molecule has 24 heavy (non-hydrogen) atoms. The van der Waals surface area contributed by atoms with E-state index in [0.29, 0.717) is 18.8 Å². The van der Waals surface area contributed by atoms with E-state index in [9.17, 15) is 17.6 Å². The normalized spacial score (nSPS) is 22.2. The Hall–Kier alpha value is -1.52. The summed E-state index contributed by atoms with van der Waals surface area (Å²) in [4.78, 5) is 0. The van der Waals surface area contributed by atoms with E-state index in [1.54, 1.807) is 6.92 Å². The molecular weight excluding hydrogens is 320 g/mol. The predicted molar refractivity (Wildman–Crippen MR) is 87.0 cm³/mol. The van der Waals surface area contributed by atoms with E-state index < -0.39 is 34.8 Å². The summed E-state index contributed by atoms with van der Waals surface area (Å²) in [5.41, 5.74) is -0.677. The zero-order valence-corrected chi connectivity index (χ0v) is 14.2. The monoisotopic (exact) mass is 344 g/mol. The van der Waals surface area contributed by atoms with Gasteiger partial charge in [-0.3, -0.25) is 0 Å².